The standard InChI is InChI=1S/C10H14O4/c1-4-5-2-3-6(4)8(10(13)14)7(5)9(11)12/h4-8H,2-3H2,1H3,(H,11,12)(H,13,14). The Kier molecular flexibility index (Phi) is 2.01. The number of rotatable bonds is 2. The second kappa shape index (κ2) is 2.97. The SMILES string of the molecule is CC1C2CCC1C(C(=O)O)C2C(=O)O. The van der Waals surface area contributed by atoms with Gasteiger partial charge in [-0.2, -0.15) is 0 Å². The van der Waals surface area contributed by atoms with Crippen LogP contribution >= 0.6 is 0 Å². The Balaban J connectivity index is 2.31. The van der Waals surface area contributed by atoms with Crippen molar-refractivity contribution in [3.05, 3.63) is 0 Å². The van der Waals surface area contributed by atoms with E-state index in [0.717, 1.165) is 12.8 Å². The van der Waals surface area contributed by atoms with Crippen molar-refractivity contribution in [2.45, 2.75) is 19.8 Å². The molecule has 0 heterocycles. The molecule has 2 aliphatic rings. The fraction of sp³-hybridized carbons (Fsp3) is 0.800. The van der Waals surface area contributed by atoms with Gasteiger partial charge in [0.15, 0.2) is 0 Å². The van der Waals surface area contributed by atoms with E-state index in [4.69, 9.17) is 10.2 Å². The number of aliphatic carboxylic acids is 2. The third kappa shape index (κ3) is 1.06. The molecule has 14 heavy (non-hydrogen) atoms. The zero-order chi connectivity index (χ0) is 10.5. The lowest BCUT2D eigenvalue weighted by Crippen LogP contribution is -2.34. The van der Waals surface area contributed by atoms with Crippen LogP contribution in [0.4, 0.5) is 0 Å². The topological polar surface area (TPSA) is 74.6 Å². The lowest BCUT2D eigenvalue weighted by atomic mass is 9.79. The maximum Gasteiger partial charge on any atom is 0.307 e. The number of carbonyl (C=O) groups is 2. The summed E-state index contributed by atoms with van der Waals surface area (Å²) in [7, 11) is 0. The Morgan fingerprint density at radius 3 is 1.64 bits per heavy atom. The molecule has 0 spiro atoms. The van der Waals surface area contributed by atoms with Gasteiger partial charge in [-0.05, 0) is 30.6 Å². The molecule has 2 bridgehead atoms. The summed E-state index contributed by atoms with van der Waals surface area (Å²) < 4.78 is 0. The highest BCUT2D eigenvalue weighted by Gasteiger charge is 2.58. The van der Waals surface area contributed by atoms with Gasteiger partial charge in [-0.1, -0.05) is 6.92 Å². The van der Waals surface area contributed by atoms with Crippen LogP contribution in [-0.4, -0.2) is 22.2 Å². The molecule has 4 atom stereocenters. The Morgan fingerprint density at radius 2 is 1.36 bits per heavy atom. The minimum absolute atomic E-state index is 0.0820. The van der Waals surface area contributed by atoms with E-state index >= 15 is 0 Å². The van der Waals surface area contributed by atoms with Crippen LogP contribution in [-0.2, 0) is 9.59 Å². The monoisotopic (exact) mass is 198 g/mol. The van der Waals surface area contributed by atoms with Crippen LogP contribution in [0.2, 0.25) is 0 Å². The molecule has 0 saturated heterocycles. The predicted molar refractivity (Wildman–Crippen MR) is 47.6 cm³/mol. The van der Waals surface area contributed by atoms with Crippen molar-refractivity contribution >= 4 is 11.9 Å². The Bertz CT molecular complexity index is 258. The molecular formula is C10H14O4. The highest BCUT2D eigenvalue weighted by Crippen LogP contribution is 2.56. The summed E-state index contributed by atoms with van der Waals surface area (Å²) in [5.41, 5.74) is 0. The first-order chi connectivity index (χ1) is 6.54. The first-order valence-corrected chi connectivity index (χ1v) is 4.99. The van der Waals surface area contributed by atoms with E-state index in [1.54, 1.807) is 0 Å². The molecule has 0 aromatic heterocycles. The van der Waals surface area contributed by atoms with Crippen molar-refractivity contribution in [3.8, 4) is 0 Å². The molecule has 0 aliphatic heterocycles. The quantitative estimate of drug-likeness (QED) is 0.695. The average molecular weight is 198 g/mol. The third-order valence-electron chi connectivity index (χ3n) is 4.06. The minimum Gasteiger partial charge on any atom is -0.481 e. The van der Waals surface area contributed by atoms with Gasteiger partial charge in [0.2, 0.25) is 0 Å². The first kappa shape index (κ1) is 9.49. The van der Waals surface area contributed by atoms with E-state index in [1.807, 2.05) is 6.92 Å². The Morgan fingerprint density at radius 1 is 1.00 bits per heavy atom. The number of hydrogen-bond acceptors (Lipinski definition) is 2. The summed E-state index contributed by atoms with van der Waals surface area (Å²) in [6.45, 7) is 1.99. The summed E-state index contributed by atoms with van der Waals surface area (Å²) in [4.78, 5) is 22.0. The van der Waals surface area contributed by atoms with Gasteiger partial charge in [0.1, 0.15) is 0 Å². The molecule has 0 aromatic carbocycles. The van der Waals surface area contributed by atoms with Gasteiger partial charge < -0.3 is 10.2 Å². The van der Waals surface area contributed by atoms with E-state index in [1.165, 1.54) is 0 Å². The molecule has 0 amide bonds. The largest absolute Gasteiger partial charge is 0.481 e. The zero-order valence-corrected chi connectivity index (χ0v) is 8.01. The van der Waals surface area contributed by atoms with Gasteiger partial charge >= 0.3 is 11.9 Å². The van der Waals surface area contributed by atoms with Crippen LogP contribution in [0.5, 0.6) is 0 Å². The summed E-state index contributed by atoms with van der Waals surface area (Å²) in [5, 5.41) is 18.0. The first-order valence-electron chi connectivity index (χ1n) is 4.99. The van der Waals surface area contributed by atoms with Gasteiger partial charge in [0.25, 0.3) is 0 Å². The second-order valence-electron chi connectivity index (χ2n) is 4.49. The molecule has 0 aromatic rings. The molecule has 4 heteroatoms. The normalized spacial score (nSPS) is 45.4. The lowest BCUT2D eigenvalue weighted by molar-refractivity contribution is -0.156. The van der Waals surface area contributed by atoms with Crippen LogP contribution < -0.4 is 0 Å². The molecule has 2 fully saturated rings. The smallest absolute Gasteiger partial charge is 0.307 e. The van der Waals surface area contributed by atoms with E-state index in [0.29, 0.717) is 0 Å². The molecule has 0 radical (unpaired) electrons. The molecular weight excluding hydrogens is 184 g/mol. The van der Waals surface area contributed by atoms with Crippen molar-refractivity contribution in [3.63, 3.8) is 0 Å². The zero-order valence-electron chi connectivity index (χ0n) is 8.01. The predicted octanol–water partition coefficient (Wildman–Crippen LogP) is 1.06. The molecule has 2 aliphatic carbocycles. The van der Waals surface area contributed by atoms with Gasteiger partial charge in [0.05, 0.1) is 11.8 Å². The van der Waals surface area contributed by atoms with Gasteiger partial charge in [-0.15, -0.1) is 0 Å². The number of carboxylic acids is 2. The van der Waals surface area contributed by atoms with E-state index in [2.05, 4.69) is 0 Å². The number of hydrogen-bond donors (Lipinski definition) is 2. The van der Waals surface area contributed by atoms with Crippen molar-refractivity contribution in [2.24, 2.45) is 29.6 Å². The maximum atomic E-state index is 11.0. The van der Waals surface area contributed by atoms with Crippen LogP contribution in [0.1, 0.15) is 19.8 Å². The fourth-order valence-electron chi connectivity index (χ4n) is 3.45. The molecule has 2 saturated carbocycles. The average Bonchev–Trinajstić information content (AvgIpc) is 2.58. The van der Waals surface area contributed by atoms with Gasteiger partial charge in [-0.3, -0.25) is 9.59 Å². The minimum atomic E-state index is -0.934. The van der Waals surface area contributed by atoms with Crippen LogP contribution in [0.3, 0.4) is 0 Å². The van der Waals surface area contributed by atoms with Gasteiger partial charge in [-0.25, -0.2) is 0 Å². The highest BCUT2D eigenvalue weighted by molar-refractivity contribution is 5.81. The molecule has 4 unspecified atom stereocenters. The van der Waals surface area contributed by atoms with Crippen molar-refractivity contribution in [1.29, 1.82) is 0 Å². The molecule has 78 valence electrons. The van der Waals surface area contributed by atoms with Crippen LogP contribution in [0.25, 0.3) is 0 Å². The van der Waals surface area contributed by atoms with Crippen LogP contribution in [0, 0.1) is 29.6 Å². The second-order valence-corrected chi connectivity index (χ2v) is 4.49. The highest BCUT2D eigenvalue weighted by atomic mass is 16.4. The summed E-state index contributed by atoms with van der Waals surface area (Å²) in [5.74, 6) is -2.75. The molecule has 2 rings (SSSR count). The summed E-state index contributed by atoms with van der Waals surface area (Å²) in [6, 6.07) is 0. The Hall–Kier alpha value is -1.06. The summed E-state index contributed by atoms with van der Waals surface area (Å²) >= 11 is 0. The lowest BCUT2D eigenvalue weighted by Gasteiger charge is -2.24. The molecule has 4 nitrogen and oxygen atoms in total. The summed E-state index contributed by atoms with van der Waals surface area (Å²) in [6.07, 6.45) is 1.76. The van der Waals surface area contributed by atoms with Crippen molar-refractivity contribution in [1.82, 2.24) is 0 Å². The Labute approximate surface area is 81.9 Å². The maximum absolute atomic E-state index is 11.0. The van der Waals surface area contributed by atoms with E-state index < -0.39 is 23.8 Å². The van der Waals surface area contributed by atoms with E-state index in [-0.39, 0.29) is 17.8 Å². The molecule has 2 N–H and O–H groups in total. The van der Waals surface area contributed by atoms with Crippen molar-refractivity contribution in [2.75, 3.05) is 0 Å². The third-order valence-corrected chi connectivity index (χ3v) is 4.06. The van der Waals surface area contributed by atoms with Crippen molar-refractivity contribution < 1.29 is 19.8 Å². The fourth-order valence-corrected chi connectivity index (χ4v) is 3.45. The number of carboxylic acid groups (broad SMARTS) is 2. The van der Waals surface area contributed by atoms with Crippen LogP contribution in [0.15, 0.2) is 0 Å². The number of fused-ring (bicyclic) bond motifs is 2. The van der Waals surface area contributed by atoms with E-state index in [9.17, 15) is 9.59 Å². The van der Waals surface area contributed by atoms with Gasteiger partial charge in [0, 0.05) is 0 Å².